The largest absolute Gasteiger partial charge is 0.490 e. The van der Waals surface area contributed by atoms with Crippen LogP contribution in [0.2, 0.25) is 0 Å². The normalized spacial score (nSPS) is 10.8. The van der Waals surface area contributed by atoms with E-state index in [1.54, 1.807) is 13.8 Å². The predicted octanol–water partition coefficient (Wildman–Crippen LogP) is 4.94. The van der Waals surface area contributed by atoms with E-state index in [-0.39, 0.29) is 30.3 Å². The topological polar surface area (TPSA) is 179 Å². The minimum absolute atomic E-state index is 0.00803. The molecule has 1 N–H and O–H groups in total. The molecule has 2 aromatic carbocycles. The molecule has 0 spiro atoms. The van der Waals surface area contributed by atoms with E-state index < -0.39 is 69.8 Å². The Kier molecular flexibility index (Phi) is 10.5. The van der Waals surface area contributed by atoms with Crippen LogP contribution in [-0.2, 0) is 15.7 Å². The van der Waals surface area contributed by atoms with Crippen LogP contribution >= 0.6 is 0 Å². The molecule has 0 radical (unpaired) electrons. The summed E-state index contributed by atoms with van der Waals surface area (Å²) >= 11 is 0. The van der Waals surface area contributed by atoms with Crippen molar-refractivity contribution in [2.75, 3.05) is 39.2 Å². The second kappa shape index (κ2) is 14.0. The van der Waals surface area contributed by atoms with E-state index in [0.717, 1.165) is 11.0 Å². The van der Waals surface area contributed by atoms with Crippen molar-refractivity contribution in [1.29, 1.82) is 5.26 Å². The second-order valence-electron chi connectivity index (χ2n) is 8.78. The summed E-state index contributed by atoms with van der Waals surface area (Å²) in [4.78, 5) is 44.5. The van der Waals surface area contributed by atoms with Crippen LogP contribution in [0.25, 0.3) is 0 Å². The maximum atomic E-state index is 13.7. The molecule has 0 aliphatic carbocycles. The van der Waals surface area contributed by atoms with Gasteiger partial charge in [0, 0.05) is 25.7 Å². The Morgan fingerprint density at radius 3 is 2.39 bits per heavy atom. The first-order valence-electron chi connectivity index (χ1n) is 12.7. The molecule has 0 saturated heterocycles. The van der Waals surface area contributed by atoms with Gasteiger partial charge in [0.25, 0.3) is 5.91 Å². The fourth-order valence-corrected chi connectivity index (χ4v) is 3.53. The van der Waals surface area contributed by atoms with E-state index in [4.69, 9.17) is 18.9 Å². The number of esters is 1. The SMILES string of the molecule is CCOC(=O)CNc1nc(Oc2cc(C#N)ccc2OCC)nc(Oc2cc(C(=O)N(C)C)cc(C(F)(F)F)c2)c1[N+](=O)[O-]. The zero-order chi connectivity index (χ0) is 32.6. The van der Waals surface area contributed by atoms with Crippen LogP contribution in [0.4, 0.5) is 24.7 Å². The number of aromatic nitrogens is 2. The third-order valence-electron chi connectivity index (χ3n) is 5.39. The van der Waals surface area contributed by atoms with Crippen molar-refractivity contribution in [3.8, 4) is 35.2 Å². The number of hydrogen-bond donors (Lipinski definition) is 1. The molecule has 17 heteroatoms. The highest BCUT2D eigenvalue weighted by Gasteiger charge is 2.34. The summed E-state index contributed by atoms with van der Waals surface area (Å²) in [5, 5.41) is 23.9. The van der Waals surface area contributed by atoms with Gasteiger partial charge in [0.05, 0.1) is 35.3 Å². The molecule has 0 bridgehead atoms. The molecule has 1 aromatic heterocycles. The molecule has 0 aliphatic heterocycles. The van der Waals surface area contributed by atoms with Gasteiger partial charge in [-0.3, -0.25) is 19.7 Å². The van der Waals surface area contributed by atoms with E-state index >= 15 is 0 Å². The second-order valence-corrected chi connectivity index (χ2v) is 8.78. The summed E-state index contributed by atoms with van der Waals surface area (Å²) in [7, 11) is 2.64. The van der Waals surface area contributed by atoms with Crippen LogP contribution in [0.15, 0.2) is 36.4 Å². The van der Waals surface area contributed by atoms with Crippen LogP contribution in [0.1, 0.15) is 35.3 Å². The Bertz CT molecular complexity index is 1610. The number of amides is 1. The molecule has 3 aromatic rings. The summed E-state index contributed by atoms with van der Waals surface area (Å²) < 4.78 is 62.6. The summed E-state index contributed by atoms with van der Waals surface area (Å²) in [6.45, 7) is 2.81. The van der Waals surface area contributed by atoms with Gasteiger partial charge in [-0.1, -0.05) is 0 Å². The van der Waals surface area contributed by atoms with Gasteiger partial charge >= 0.3 is 29.7 Å². The summed E-state index contributed by atoms with van der Waals surface area (Å²) in [6.07, 6.45) is -4.92. The maximum Gasteiger partial charge on any atom is 0.416 e. The predicted molar refractivity (Wildman–Crippen MR) is 146 cm³/mol. The molecule has 232 valence electrons. The van der Waals surface area contributed by atoms with Gasteiger partial charge in [-0.15, -0.1) is 0 Å². The molecule has 3 rings (SSSR count). The first-order valence-corrected chi connectivity index (χ1v) is 12.7. The minimum atomic E-state index is -4.92. The molecule has 0 saturated carbocycles. The lowest BCUT2D eigenvalue weighted by Gasteiger charge is -2.16. The number of nitriles is 1. The zero-order valence-corrected chi connectivity index (χ0v) is 23.7. The monoisotopic (exact) mass is 618 g/mol. The van der Waals surface area contributed by atoms with Crippen molar-refractivity contribution >= 4 is 23.4 Å². The minimum Gasteiger partial charge on any atom is -0.490 e. The van der Waals surface area contributed by atoms with E-state index in [2.05, 4.69) is 15.3 Å². The molecule has 14 nitrogen and oxygen atoms in total. The van der Waals surface area contributed by atoms with Crippen LogP contribution in [0.3, 0.4) is 0 Å². The third kappa shape index (κ3) is 8.21. The molecule has 44 heavy (non-hydrogen) atoms. The number of hydrogen-bond acceptors (Lipinski definition) is 12. The highest BCUT2D eigenvalue weighted by molar-refractivity contribution is 5.94. The standard InChI is InChI=1S/C27H25F3N6O8/c1-5-41-19-8-7-15(13-31)9-20(19)44-26-33-23(32-14-21(37)42-6-2)22(36(39)40)24(34-26)43-18-11-16(25(38)35(3)4)10-17(12-18)27(28,29)30/h7-12H,5-6,14H2,1-4H3,(H,32,33,34). The van der Waals surface area contributed by atoms with Crippen molar-refractivity contribution in [2.24, 2.45) is 0 Å². The van der Waals surface area contributed by atoms with Gasteiger partial charge in [-0.25, -0.2) is 0 Å². The van der Waals surface area contributed by atoms with Crippen LogP contribution in [0, 0.1) is 21.4 Å². The third-order valence-corrected chi connectivity index (χ3v) is 5.39. The molecule has 0 atom stereocenters. The highest BCUT2D eigenvalue weighted by atomic mass is 19.4. The van der Waals surface area contributed by atoms with Gasteiger partial charge in [-0.2, -0.15) is 28.4 Å². The molecular weight excluding hydrogens is 593 g/mol. The quantitative estimate of drug-likeness (QED) is 0.164. The number of alkyl halides is 3. The van der Waals surface area contributed by atoms with Crippen LogP contribution in [-0.4, -0.2) is 65.5 Å². The zero-order valence-electron chi connectivity index (χ0n) is 23.7. The number of nitrogens with zero attached hydrogens (tertiary/aromatic N) is 5. The molecule has 0 fully saturated rings. The van der Waals surface area contributed by atoms with E-state index in [1.165, 1.54) is 32.3 Å². The van der Waals surface area contributed by atoms with Crippen molar-refractivity contribution in [1.82, 2.24) is 14.9 Å². The first kappa shape index (κ1) is 32.8. The average molecular weight is 619 g/mol. The summed E-state index contributed by atoms with van der Waals surface area (Å²) in [5.41, 5.74) is -2.54. The van der Waals surface area contributed by atoms with Crippen molar-refractivity contribution in [3.05, 3.63) is 63.2 Å². The Morgan fingerprint density at radius 1 is 1.07 bits per heavy atom. The Labute approximate surface area is 248 Å². The number of carbonyl (C=O) groups is 2. The van der Waals surface area contributed by atoms with Gasteiger partial charge < -0.3 is 29.2 Å². The number of benzene rings is 2. The van der Waals surface area contributed by atoms with Crippen molar-refractivity contribution in [3.63, 3.8) is 0 Å². The molecular formula is C27H25F3N6O8. The Hall–Kier alpha value is -5.66. The highest BCUT2D eigenvalue weighted by Crippen LogP contribution is 2.40. The average Bonchev–Trinajstić information content (AvgIpc) is 2.95. The Morgan fingerprint density at radius 2 is 1.80 bits per heavy atom. The fourth-order valence-electron chi connectivity index (χ4n) is 3.53. The molecule has 1 heterocycles. The van der Waals surface area contributed by atoms with E-state index in [0.29, 0.717) is 12.1 Å². The van der Waals surface area contributed by atoms with Gasteiger partial charge in [-0.05, 0) is 44.2 Å². The maximum absolute atomic E-state index is 13.7. The van der Waals surface area contributed by atoms with Gasteiger partial charge in [0.1, 0.15) is 12.3 Å². The lowest BCUT2D eigenvalue weighted by molar-refractivity contribution is -0.385. The van der Waals surface area contributed by atoms with Crippen LogP contribution < -0.4 is 19.5 Å². The summed E-state index contributed by atoms with van der Waals surface area (Å²) in [5.74, 6) is -3.70. The number of nitro groups is 1. The number of rotatable bonds is 12. The number of carbonyl (C=O) groups excluding carboxylic acids is 2. The number of ether oxygens (including phenoxy) is 4. The number of nitrogens with one attached hydrogen (secondary N) is 1. The smallest absolute Gasteiger partial charge is 0.416 e. The number of anilines is 1. The molecule has 0 aliphatic rings. The molecule has 1 amide bonds. The van der Waals surface area contributed by atoms with Crippen molar-refractivity contribution in [2.45, 2.75) is 20.0 Å². The lowest BCUT2D eigenvalue weighted by atomic mass is 10.1. The fraction of sp³-hybridized carbons (Fsp3) is 0.296. The van der Waals surface area contributed by atoms with E-state index in [9.17, 15) is 38.1 Å². The Balaban J connectivity index is 2.22. The number of halogens is 3. The van der Waals surface area contributed by atoms with Crippen LogP contribution in [0.5, 0.6) is 29.1 Å². The molecule has 0 unspecified atom stereocenters. The van der Waals surface area contributed by atoms with Gasteiger partial charge in [0.2, 0.25) is 5.82 Å². The van der Waals surface area contributed by atoms with Crippen molar-refractivity contribution < 1.29 is 46.6 Å². The summed E-state index contributed by atoms with van der Waals surface area (Å²) in [6, 6.07) is 7.47. The van der Waals surface area contributed by atoms with Gasteiger partial charge in [0.15, 0.2) is 11.5 Å². The first-order chi connectivity index (χ1) is 20.8. The lowest BCUT2D eigenvalue weighted by Crippen LogP contribution is -2.22. The van der Waals surface area contributed by atoms with E-state index in [1.807, 2.05) is 6.07 Å².